The maximum Gasteiger partial charge on any atom is 0.226 e. The van der Waals surface area contributed by atoms with Gasteiger partial charge in [-0.2, -0.15) is 0 Å². The third kappa shape index (κ3) is 2.44. The van der Waals surface area contributed by atoms with Crippen molar-refractivity contribution in [3.8, 4) is 0 Å². The van der Waals surface area contributed by atoms with Crippen LogP contribution in [0.25, 0.3) is 0 Å². The molecule has 1 saturated heterocycles. The van der Waals surface area contributed by atoms with Gasteiger partial charge in [-0.25, -0.2) is 0 Å². The van der Waals surface area contributed by atoms with Crippen LogP contribution in [0.5, 0.6) is 0 Å². The van der Waals surface area contributed by atoms with Crippen molar-refractivity contribution in [1.82, 2.24) is 20.1 Å². The Kier molecular flexibility index (Phi) is 3.74. The van der Waals surface area contributed by atoms with E-state index >= 15 is 0 Å². The lowest BCUT2D eigenvalue weighted by molar-refractivity contribution is -0.126. The van der Waals surface area contributed by atoms with Gasteiger partial charge in [-0.3, -0.25) is 4.79 Å². The van der Waals surface area contributed by atoms with Gasteiger partial charge in [0.2, 0.25) is 5.91 Å². The van der Waals surface area contributed by atoms with E-state index in [2.05, 4.69) is 15.5 Å². The summed E-state index contributed by atoms with van der Waals surface area (Å²) in [6.45, 7) is 3.07. The van der Waals surface area contributed by atoms with E-state index in [1.165, 1.54) is 19.3 Å². The summed E-state index contributed by atoms with van der Waals surface area (Å²) in [5.41, 5.74) is 0. The molecular weight excluding hydrogens is 256 g/mol. The topological polar surface area (TPSA) is 69.0 Å². The first kappa shape index (κ1) is 13.5. The van der Waals surface area contributed by atoms with E-state index in [4.69, 9.17) is 4.74 Å². The standard InChI is InChI=1S/C14H22N4O2/c1-9-11(6-7-20-9)14(19)15-8-12-16-17-13(18(12)2)10-4-3-5-10/h9-11H,3-8H2,1-2H3,(H,15,19)/t9-,11+/m1/s1. The van der Waals surface area contributed by atoms with Crippen LogP contribution in [0, 0.1) is 5.92 Å². The molecule has 2 heterocycles. The summed E-state index contributed by atoms with van der Waals surface area (Å²) < 4.78 is 7.45. The van der Waals surface area contributed by atoms with Crippen molar-refractivity contribution in [1.29, 1.82) is 0 Å². The number of amides is 1. The fourth-order valence-electron chi connectivity index (χ4n) is 2.92. The molecule has 1 N–H and O–H groups in total. The zero-order valence-corrected chi connectivity index (χ0v) is 12.1. The first-order valence-electron chi connectivity index (χ1n) is 7.44. The highest BCUT2D eigenvalue weighted by Gasteiger charge is 2.31. The van der Waals surface area contributed by atoms with Gasteiger partial charge in [-0.15, -0.1) is 10.2 Å². The van der Waals surface area contributed by atoms with E-state index in [-0.39, 0.29) is 17.9 Å². The van der Waals surface area contributed by atoms with Crippen LogP contribution in [0.2, 0.25) is 0 Å². The average Bonchev–Trinajstić information content (AvgIpc) is 2.93. The summed E-state index contributed by atoms with van der Waals surface area (Å²) in [5.74, 6) is 2.46. The summed E-state index contributed by atoms with van der Waals surface area (Å²) >= 11 is 0. The Morgan fingerprint density at radius 1 is 1.40 bits per heavy atom. The number of nitrogens with one attached hydrogen (secondary N) is 1. The number of carbonyl (C=O) groups excluding carboxylic acids is 1. The molecule has 1 aliphatic heterocycles. The van der Waals surface area contributed by atoms with Gasteiger partial charge in [-0.05, 0) is 26.2 Å². The summed E-state index contributed by atoms with van der Waals surface area (Å²) in [7, 11) is 1.98. The first-order chi connectivity index (χ1) is 9.66. The predicted octanol–water partition coefficient (Wildman–Crippen LogP) is 1.12. The van der Waals surface area contributed by atoms with E-state index in [0.29, 0.717) is 19.1 Å². The van der Waals surface area contributed by atoms with Crippen molar-refractivity contribution in [2.75, 3.05) is 6.61 Å². The predicted molar refractivity (Wildman–Crippen MR) is 73.0 cm³/mol. The highest BCUT2D eigenvalue weighted by atomic mass is 16.5. The summed E-state index contributed by atoms with van der Waals surface area (Å²) in [4.78, 5) is 12.1. The number of nitrogens with zero attached hydrogens (tertiary/aromatic N) is 3. The van der Waals surface area contributed by atoms with Crippen LogP contribution < -0.4 is 5.32 Å². The van der Waals surface area contributed by atoms with Gasteiger partial charge in [0.15, 0.2) is 5.82 Å². The molecule has 1 aromatic heterocycles. The maximum absolute atomic E-state index is 12.1. The zero-order valence-electron chi connectivity index (χ0n) is 12.1. The second-order valence-corrected chi connectivity index (χ2v) is 5.85. The first-order valence-corrected chi connectivity index (χ1v) is 7.44. The number of aromatic nitrogens is 3. The van der Waals surface area contributed by atoms with Crippen LogP contribution >= 0.6 is 0 Å². The molecule has 2 fully saturated rings. The fourth-order valence-corrected chi connectivity index (χ4v) is 2.92. The molecule has 0 bridgehead atoms. The van der Waals surface area contributed by atoms with Gasteiger partial charge < -0.3 is 14.6 Å². The Morgan fingerprint density at radius 2 is 2.20 bits per heavy atom. The molecule has 0 unspecified atom stereocenters. The summed E-state index contributed by atoms with van der Waals surface area (Å²) in [5, 5.41) is 11.4. The number of ether oxygens (including phenoxy) is 1. The normalized spacial score (nSPS) is 26.5. The van der Waals surface area contributed by atoms with Crippen molar-refractivity contribution in [2.24, 2.45) is 13.0 Å². The molecule has 110 valence electrons. The van der Waals surface area contributed by atoms with Crippen LogP contribution in [0.3, 0.4) is 0 Å². The van der Waals surface area contributed by atoms with E-state index in [9.17, 15) is 4.79 Å². The molecular formula is C14H22N4O2. The molecule has 6 nitrogen and oxygen atoms in total. The average molecular weight is 278 g/mol. The Labute approximate surface area is 118 Å². The van der Waals surface area contributed by atoms with Crippen LogP contribution in [0.1, 0.15) is 50.2 Å². The van der Waals surface area contributed by atoms with Gasteiger partial charge in [-0.1, -0.05) is 6.42 Å². The molecule has 0 radical (unpaired) electrons. The largest absolute Gasteiger partial charge is 0.378 e. The van der Waals surface area contributed by atoms with Gasteiger partial charge in [0.05, 0.1) is 18.6 Å². The van der Waals surface area contributed by atoms with E-state index in [0.717, 1.165) is 18.1 Å². The highest BCUT2D eigenvalue weighted by molar-refractivity contribution is 5.79. The van der Waals surface area contributed by atoms with Gasteiger partial charge in [0.1, 0.15) is 5.82 Å². The minimum Gasteiger partial charge on any atom is -0.378 e. The second kappa shape index (κ2) is 5.52. The summed E-state index contributed by atoms with van der Waals surface area (Å²) in [6.07, 6.45) is 4.51. The lowest BCUT2D eigenvalue weighted by Crippen LogP contribution is -2.34. The molecule has 1 saturated carbocycles. The van der Waals surface area contributed by atoms with E-state index in [1.54, 1.807) is 0 Å². The van der Waals surface area contributed by atoms with Crippen molar-refractivity contribution < 1.29 is 9.53 Å². The Hall–Kier alpha value is -1.43. The van der Waals surface area contributed by atoms with Crippen LogP contribution in [-0.4, -0.2) is 33.4 Å². The lowest BCUT2D eigenvalue weighted by atomic mass is 9.85. The number of hydrogen-bond acceptors (Lipinski definition) is 4. The van der Waals surface area contributed by atoms with E-state index in [1.807, 2.05) is 18.5 Å². The van der Waals surface area contributed by atoms with Crippen LogP contribution in [0.4, 0.5) is 0 Å². The number of rotatable bonds is 4. The quantitative estimate of drug-likeness (QED) is 0.896. The molecule has 3 rings (SSSR count). The Balaban J connectivity index is 1.58. The number of carbonyl (C=O) groups is 1. The monoisotopic (exact) mass is 278 g/mol. The fraction of sp³-hybridized carbons (Fsp3) is 0.786. The van der Waals surface area contributed by atoms with Crippen molar-refractivity contribution in [2.45, 2.75) is 51.2 Å². The number of hydrogen-bond donors (Lipinski definition) is 1. The highest BCUT2D eigenvalue weighted by Crippen LogP contribution is 2.35. The molecule has 6 heteroatoms. The molecule has 1 aromatic rings. The lowest BCUT2D eigenvalue weighted by Gasteiger charge is -2.24. The molecule has 0 spiro atoms. The van der Waals surface area contributed by atoms with Crippen LogP contribution in [0.15, 0.2) is 0 Å². The third-order valence-electron chi connectivity index (χ3n) is 4.60. The molecule has 1 aliphatic carbocycles. The van der Waals surface area contributed by atoms with Gasteiger partial charge >= 0.3 is 0 Å². The second-order valence-electron chi connectivity index (χ2n) is 5.85. The van der Waals surface area contributed by atoms with Crippen LogP contribution in [-0.2, 0) is 23.1 Å². The Morgan fingerprint density at radius 3 is 2.80 bits per heavy atom. The minimum atomic E-state index is -0.0330. The van der Waals surface area contributed by atoms with E-state index < -0.39 is 0 Å². The van der Waals surface area contributed by atoms with Crippen molar-refractivity contribution >= 4 is 5.91 Å². The minimum absolute atomic E-state index is 0.0139. The zero-order chi connectivity index (χ0) is 14.1. The smallest absolute Gasteiger partial charge is 0.226 e. The van der Waals surface area contributed by atoms with Crippen molar-refractivity contribution in [3.05, 3.63) is 11.6 Å². The molecule has 20 heavy (non-hydrogen) atoms. The van der Waals surface area contributed by atoms with Crippen molar-refractivity contribution in [3.63, 3.8) is 0 Å². The van der Waals surface area contributed by atoms with Gasteiger partial charge in [0.25, 0.3) is 0 Å². The molecule has 1 amide bonds. The summed E-state index contributed by atoms with van der Waals surface area (Å²) in [6, 6.07) is 0. The Bertz CT molecular complexity index is 495. The van der Waals surface area contributed by atoms with Gasteiger partial charge in [0, 0.05) is 19.6 Å². The third-order valence-corrected chi connectivity index (χ3v) is 4.60. The molecule has 2 aliphatic rings. The maximum atomic E-state index is 12.1. The molecule has 2 atom stereocenters. The SMILES string of the molecule is C[C@H]1OCC[C@@H]1C(=O)NCc1nnc(C2CCC2)n1C. The molecule has 0 aromatic carbocycles.